The van der Waals surface area contributed by atoms with Crippen LogP contribution in [0.2, 0.25) is 0 Å². The van der Waals surface area contributed by atoms with Gasteiger partial charge in [-0.15, -0.1) is 0 Å². The van der Waals surface area contributed by atoms with Gasteiger partial charge in [-0.1, -0.05) is 31.2 Å². The highest BCUT2D eigenvalue weighted by Crippen LogP contribution is 2.25. The summed E-state index contributed by atoms with van der Waals surface area (Å²) in [6.45, 7) is 7.14. The van der Waals surface area contributed by atoms with Crippen LogP contribution >= 0.6 is 0 Å². The van der Waals surface area contributed by atoms with E-state index < -0.39 is 0 Å². The Balaban J connectivity index is 1.37. The zero-order chi connectivity index (χ0) is 17.3. The van der Waals surface area contributed by atoms with Gasteiger partial charge in [0.25, 0.3) is 0 Å². The Labute approximate surface area is 151 Å². The second-order valence-corrected chi connectivity index (χ2v) is 7.15. The average molecular weight is 340 g/mol. The van der Waals surface area contributed by atoms with Crippen molar-refractivity contribution in [2.24, 2.45) is 5.92 Å². The van der Waals surface area contributed by atoms with Gasteiger partial charge in [-0.25, -0.2) is 0 Å². The largest absolute Gasteiger partial charge is 0.493 e. The number of hydrogen-bond acceptors (Lipinski definition) is 2. The molecule has 2 aromatic carbocycles. The lowest BCUT2D eigenvalue weighted by atomic mass is 10.0. The number of para-hydroxylation sites is 1. The van der Waals surface area contributed by atoms with Crippen LogP contribution < -0.4 is 14.4 Å². The van der Waals surface area contributed by atoms with Crippen molar-refractivity contribution < 1.29 is 14.4 Å². The van der Waals surface area contributed by atoms with E-state index in [2.05, 4.69) is 6.92 Å². The zero-order valence-electron chi connectivity index (χ0n) is 15.2. The number of nitrogens with one attached hydrogen (secondary N) is 1. The molecule has 0 aromatic heterocycles. The minimum atomic E-state index is 0.775. The van der Waals surface area contributed by atoms with Crippen molar-refractivity contribution in [2.45, 2.75) is 32.6 Å². The van der Waals surface area contributed by atoms with Crippen LogP contribution in [0.1, 0.15) is 32.6 Å². The third kappa shape index (κ3) is 6.09. The molecule has 2 atom stereocenters. The molecule has 1 unspecified atom stereocenters. The highest BCUT2D eigenvalue weighted by atomic mass is 16.5. The van der Waals surface area contributed by atoms with Gasteiger partial charge < -0.3 is 14.4 Å². The third-order valence-electron chi connectivity index (χ3n) is 4.84. The van der Waals surface area contributed by atoms with Gasteiger partial charge in [0, 0.05) is 12.0 Å². The van der Waals surface area contributed by atoms with Crippen molar-refractivity contribution in [3.05, 3.63) is 54.6 Å². The van der Waals surface area contributed by atoms with Crippen LogP contribution in [0.15, 0.2) is 54.6 Å². The first-order chi connectivity index (χ1) is 12.3. The van der Waals surface area contributed by atoms with Crippen molar-refractivity contribution in [3.8, 4) is 17.2 Å². The number of unbranched alkanes of at least 4 members (excludes halogenated alkanes) is 1. The van der Waals surface area contributed by atoms with Crippen LogP contribution in [-0.4, -0.2) is 26.2 Å². The lowest BCUT2D eigenvalue weighted by molar-refractivity contribution is -0.908. The Morgan fingerprint density at radius 3 is 2.60 bits per heavy atom. The molecule has 1 saturated heterocycles. The van der Waals surface area contributed by atoms with E-state index in [-0.39, 0.29) is 0 Å². The molecule has 134 valence electrons. The maximum atomic E-state index is 5.91. The zero-order valence-corrected chi connectivity index (χ0v) is 15.2. The van der Waals surface area contributed by atoms with Gasteiger partial charge in [0.15, 0.2) is 0 Å². The van der Waals surface area contributed by atoms with E-state index in [9.17, 15) is 0 Å². The second-order valence-electron chi connectivity index (χ2n) is 7.15. The fraction of sp³-hybridized carbons (Fsp3) is 0.455. The molecule has 25 heavy (non-hydrogen) atoms. The van der Waals surface area contributed by atoms with Gasteiger partial charge in [-0.2, -0.15) is 0 Å². The van der Waals surface area contributed by atoms with E-state index in [0.717, 1.165) is 36.2 Å². The molecule has 1 fully saturated rings. The fourth-order valence-corrected chi connectivity index (χ4v) is 3.54. The number of ether oxygens (including phenoxy) is 2. The molecular weight excluding hydrogens is 310 g/mol. The summed E-state index contributed by atoms with van der Waals surface area (Å²) >= 11 is 0. The number of likely N-dealkylation sites (tertiary alicyclic amines) is 1. The summed E-state index contributed by atoms with van der Waals surface area (Å²) in [6.07, 6.45) is 5.15. The lowest BCUT2D eigenvalue weighted by Crippen LogP contribution is -3.13. The molecule has 1 heterocycles. The molecule has 1 N–H and O–H groups in total. The normalized spacial score (nSPS) is 20.2. The summed E-state index contributed by atoms with van der Waals surface area (Å²) < 4.78 is 11.8. The fourth-order valence-electron chi connectivity index (χ4n) is 3.54. The number of rotatable bonds is 8. The standard InChI is InChI=1S/C22H29NO2/c1-19-9-8-15-23(18-19)14-5-6-16-24-21-12-7-13-22(17-21)25-20-10-3-2-4-11-20/h2-4,7,10-13,17,19H,5-6,8-9,14-16,18H2,1H3/p+1/t19-/m1/s1. The van der Waals surface area contributed by atoms with E-state index in [0.29, 0.717) is 0 Å². The van der Waals surface area contributed by atoms with Gasteiger partial charge >= 0.3 is 0 Å². The van der Waals surface area contributed by atoms with E-state index >= 15 is 0 Å². The number of quaternary nitrogens is 1. The summed E-state index contributed by atoms with van der Waals surface area (Å²) in [5, 5.41) is 0. The smallest absolute Gasteiger partial charge is 0.131 e. The quantitative estimate of drug-likeness (QED) is 0.735. The van der Waals surface area contributed by atoms with Crippen LogP contribution in [0, 0.1) is 5.92 Å². The van der Waals surface area contributed by atoms with Crippen LogP contribution in [0.5, 0.6) is 17.2 Å². The number of hydrogen-bond donors (Lipinski definition) is 1. The Hall–Kier alpha value is -2.00. The van der Waals surface area contributed by atoms with E-state index in [1.165, 1.54) is 38.9 Å². The first-order valence-electron chi connectivity index (χ1n) is 9.59. The van der Waals surface area contributed by atoms with E-state index in [1.807, 2.05) is 54.6 Å². The Morgan fingerprint density at radius 2 is 1.76 bits per heavy atom. The lowest BCUT2D eigenvalue weighted by Gasteiger charge is -2.27. The predicted molar refractivity (Wildman–Crippen MR) is 102 cm³/mol. The van der Waals surface area contributed by atoms with Crippen LogP contribution in [0.3, 0.4) is 0 Å². The van der Waals surface area contributed by atoms with Crippen molar-refractivity contribution in [1.82, 2.24) is 0 Å². The maximum Gasteiger partial charge on any atom is 0.131 e. The molecule has 0 spiro atoms. The van der Waals surface area contributed by atoms with E-state index in [4.69, 9.17) is 9.47 Å². The summed E-state index contributed by atoms with van der Waals surface area (Å²) in [6, 6.07) is 17.7. The first-order valence-corrected chi connectivity index (χ1v) is 9.59. The summed E-state index contributed by atoms with van der Waals surface area (Å²) in [5.74, 6) is 3.44. The van der Waals surface area contributed by atoms with E-state index in [1.54, 1.807) is 4.90 Å². The monoisotopic (exact) mass is 340 g/mol. The van der Waals surface area contributed by atoms with Gasteiger partial charge in [-0.3, -0.25) is 0 Å². The van der Waals surface area contributed by atoms with Gasteiger partial charge in [0.2, 0.25) is 0 Å². The first kappa shape index (κ1) is 17.8. The molecule has 0 amide bonds. The van der Waals surface area contributed by atoms with Crippen molar-refractivity contribution >= 4 is 0 Å². The SMILES string of the molecule is C[C@@H]1CCC[NH+](CCCCOc2cccc(Oc3ccccc3)c2)C1. The highest BCUT2D eigenvalue weighted by molar-refractivity contribution is 5.36. The molecule has 0 radical (unpaired) electrons. The van der Waals surface area contributed by atoms with Crippen LogP contribution in [0.4, 0.5) is 0 Å². The summed E-state index contributed by atoms with van der Waals surface area (Å²) in [7, 11) is 0. The Kier molecular flexibility index (Phi) is 6.75. The van der Waals surface area contributed by atoms with Gasteiger partial charge in [0.05, 0.1) is 26.2 Å². The van der Waals surface area contributed by atoms with Gasteiger partial charge in [0.1, 0.15) is 17.2 Å². The summed E-state index contributed by atoms with van der Waals surface area (Å²) in [4.78, 5) is 1.78. The topological polar surface area (TPSA) is 22.9 Å². The van der Waals surface area contributed by atoms with Crippen molar-refractivity contribution in [3.63, 3.8) is 0 Å². The number of benzene rings is 2. The third-order valence-corrected chi connectivity index (χ3v) is 4.84. The highest BCUT2D eigenvalue weighted by Gasteiger charge is 2.18. The van der Waals surface area contributed by atoms with Crippen LogP contribution in [-0.2, 0) is 0 Å². The molecule has 1 aliphatic rings. The minimum Gasteiger partial charge on any atom is -0.493 e. The maximum absolute atomic E-state index is 5.91. The Morgan fingerprint density at radius 1 is 0.960 bits per heavy atom. The summed E-state index contributed by atoms with van der Waals surface area (Å²) in [5.41, 5.74) is 0. The molecule has 2 aromatic rings. The Bertz CT molecular complexity index is 629. The minimum absolute atomic E-state index is 0.775. The van der Waals surface area contributed by atoms with Crippen LogP contribution in [0.25, 0.3) is 0 Å². The molecule has 3 nitrogen and oxygen atoms in total. The predicted octanol–water partition coefficient (Wildman–Crippen LogP) is 3.95. The molecule has 3 rings (SSSR count). The number of piperidine rings is 1. The average Bonchev–Trinajstić information content (AvgIpc) is 2.63. The van der Waals surface area contributed by atoms with Crippen molar-refractivity contribution in [1.29, 1.82) is 0 Å². The second kappa shape index (κ2) is 9.47. The van der Waals surface area contributed by atoms with Crippen molar-refractivity contribution in [2.75, 3.05) is 26.2 Å². The molecule has 0 bridgehead atoms. The van der Waals surface area contributed by atoms with Gasteiger partial charge in [-0.05, 0) is 49.9 Å². The molecule has 0 aliphatic carbocycles. The molecule has 1 aliphatic heterocycles. The molecular formula is C22H30NO2+. The molecule has 0 saturated carbocycles. The molecule has 3 heteroatoms.